The molecular weight excluding hydrogens is 278 g/mol. The maximum Gasteiger partial charge on any atom is 0.168 e. The summed E-state index contributed by atoms with van der Waals surface area (Å²) in [6.07, 6.45) is 0. The number of benzene rings is 1. The van der Waals surface area contributed by atoms with Crippen molar-refractivity contribution in [3.8, 4) is 0 Å². The van der Waals surface area contributed by atoms with Gasteiger partial charge in [0, 0.05) is 18.0 Å². The van der Waals surface area contributed by atoms with Crippen LogP contribution in [0.15, 0.2) is 40.3 Å². The molecule has 0 spiro atoms. The molecule has 2 nitrogen and oxygen atoms in total. The molecule has 106 valence electrons. The van der Waals surface area contributed by atoms with Crippen molar-refractivity contribution < 1.29 is 8.78 Å². The molecule has 0 saturated heterocycles. The van der Waals surface area contributed by atoms with Gasteiger partial charge in [-0.2, -0.15) is 0 Å². The molecule has 2 aromatic rings. The van der Waals surface area contributed by atoms with Crippen molar-refractivity contribution in [1.82, 2.24) is 4.98 Å². The minimum absolute atomic E-state index is 0.0488. The van der Waals surface area contributed by atoms with Crippen LogP contribution in [0.5, 0.6) is 0 Å². The number of nitrogens with zero attached hydrogens (tertiary/aromatic N) is 1. The first-order chi connectivity index (χ1) is 9.51. The number of anilines is 1. The van der Waals surface area contributed by atoms with Crippen LogP contribution in [0.3, 0.4) is 0 Å². The summed E-state index contributed by atoms with van der Waals surface area (Å²) in [6, 6.07) is 8.71. The molecule has 1 aromatic heterocycles. The molecule has 1 aromatic carbocycles. The Morgan fingerprint density at radius 3 is 2.30 bits per heavy atom. The standard InChI is InChI=1S/C15H16F2N2S/c1-9(2)10-4-6-11(7-5-10)20-15-13(17)8-12(16)14(18-3)19-15/h4-9H,1-3H3,(H,18,19). The third-order valence-electron chi connectivity index (χ3n) is 2.90. The third kappa shape index (κ3) is 3.28. The number of pyridine rings is 1. The number of aromatic nitrogens is 1. The minimum Gasteiger partial charge on any atom is -0.371 e. The summed E-state index contributed by atoms with van der Waals surface area (Å²) in [5.74, 6) is -0.845. The lowest BCUT2D eigenvalue weighted by Gasteiger charge is -2.08. The molecule has 0 bridgehead atoms. The third-order valence-corrected chi connectivity index (χ3v) is 3.88. The molecule has 0 aliphatic carbocycles. The second-order valence-corrected chi connectivity index (χ2v) is 5.74. The van der Waals surface area contributed by atoms with Gasteiger partial charge in [0.2, 0.25) is 0 Å². The van der Waals surface area contributed by atoms with Gasteiger partial charge in [0.1, 0.15) is 5.03 Å². The number of nitrogens with one attached hydrogen (secondary N) is 1. The lowest BCUT2D eigenvalue weighted by atomic mass is 10.0. The molecule has 0 radical (unpaired) electrons. The highest BCUT2D eigenvalue weighted by Crippen LogP contribution is 2.31. The molecule has 1 N–H and O–H groups in total. The molecule has 0 unspecified atom stereocenters. The molecule has 0 aliphatic heterocycles. The number of hydrogen-bond acceptors (Lipinski definition) is 3. The Bertz CT molecular complexity index is 598. The summed E-state index contributed by atoms with van der Waals surface area (Å²) in [4.78, 5) is 4.81. The van der Waals surface area contributed by atoms with Crippen molar-refractivity contribution in [2.75, 3.05) is 12.4 Å². The summed E-state index contributed by atoms with van der Waals surface area (Å²) in [7, 11) is 1.55. The van der Waals surface area contributed by atoms with E-state index in [1.807, 2.05) is 24.3 Å². The van der Waals surface area contributed by atoms with Gasteiger partial charge < -0.3 is 5.32 Å². The van der Waals surface area contributed by atoms with Crippen LogP contribution in [-0.2, 0) is 0 Å². The summed E-state index contributed by atoms with van der Waals surface area (Å²) in [5, 5.41) is 2.77. The Hall–Kier alpha value is -1.62. The average molecular weight is 294 g/mol. The maximum absolute atomic E-state index is 13.7. The SMILES string of the molecule is CNc1nc(Sc2ccc(C(C)C)cc2)c(F)cc1F. The molecule has 0 saturated carbocycles. The van der Waals surface area contributed by atoms with Crippen LogP contribution in [0.25, 0.3) is 0 Å². The minimum atomic E-state index is -0.690. The lowest BCUT2D eigenvalue weighted by molar-refractivity contribution is 0.551. The van der Waals surface area contributed by atoms with Crippen LogP contribution in [0.2, 0.25) is 0 Å². The van der Waals surface area contributed by atoms with Gasteiger partial charge in [0.15, 0.2) is 17.5 Å². The van der Waals surface area contributed by atoms with Crippen LogP contribution in [0.1, 0.15) is 25.3 Å². The summed E-state index contributed by atoms with van der Waals surface area (Å²) < 4.78 is 27.0. The highest BCUT2D eigenvalue weighted by Gasteiger charge is 2.12. The van der Waals surface area contributed by atoms with Crippen molar-refractivity contribution in [3.05, 3.63) is 47.5 Å². The van der Waals surface area contributed by atoms with E-state index in [-0.39, 0.29) is 10.8 Å². The van der Waals surface area contributed by atoms with Gasteiger partial charge in [-0.25, -0.2) is 13.8 Å². The van der Waals surface area contributed by atoms with E-state index in [0.717, 1.165) is 11.0 Å². The molecule has 5 heteroatoms. The first-order valence-corrected chi connectivity index (χ1v) is 7.14. The van der Waals surface area contributed by atoms with E-state index in [0.29, 0.717) is 5.92 Å². The van der Waals surface area contributed by atoms with Crippen molar-refractivity contribution in [1.29, 1.82) is 0 Å². The molecule has 20 heavy (non-hydrogen) atoms. The highest BCUT2D eigenvalue weighted by atomic mass is 32.2. The average Bonchev–Trinajstić information content (AvgIpc) is 2.42. The van der Waals surface area contributed by atoms with E-state index in [9.17, 15) is 8.78 Å². The van der Waals surface area contributed by atoms with Crippen LogP contribution in [0, 0.1) is 11.6 Å². The number of rotatable bonds is 4. The number of halogens is 2. The van der Waals surface area contributed by atoms with Crippen LogP contribution < -0.4 is 5.32 Å². The first-order valence-electron chi connectivity index (χ1n) is 6.33. The molecular formula is C15H16F2N2S. The molecule has 0 amide bonds. The fourth-order valence-corrected chi connectivity index (χ4v) is 2.52. The van der Waals surface area contributed by atoms with Crippen molar-refractivity contribution in [3.63, 3.8) is 0 Å². The van der Waals surface area contributed by atoms with Gasteiger partial charge in [-0.1, -0.05) is 37.7 Å². The Balaban J connectivity index is 2.25. The topological polar surface area (TPSA) is 24.9 Å². The second kappa shape index (κ2) is 6.22. The summed E-state index contributed by atoms with van der Waals surface area (Å²) >= 11 is 1.18. The highest BCUT2D eigenvalue weighted by molar-refractivity contribution is 7.99. The van der Waals surface area contributed by atoms with Crippen molar-refractivity contribution >= 4 is 17.6 Å². The van der Waals surface area contributed by atoms with E-state index < -0.39 is 11.6 Å². The quantitative estimate of drug-likeness (QED) is 0.886. The van der Waals surface area contributed by atoms with E-state index in [1.54, 1.807) is 7.05 Å². The van der Waals surface area contributed by atoms with Gasteiger partial charge >= 0.3 is 0 Å². The fourth-order valence-electron chi connectivity index (χ4n) is 1.73. The molecule has 0 aliphatic rings. The molecule has 2 rings (SSSR count). The van der Waals surface area contributed by atoms with Gasteiger partial charge in [0.05, 0.1) is 0 Å². The van der Waals surface area contributed by atoms with Gasteiger partial charge in [-0.15, -0.1) is 0 Å². The molecule has 0 fully saturated rings. The van der Waals surface area contributed by atoms with E-state index in [4.69, 9.17) is 0 Å². The Labute approximate surface area is 121 Å². The van der Waals surface area contributed by atoms with E-state index in [1.165, 1.54) is 17.3 Å². The van der Waals surface area contributed by atoms with Gasteiger partial charge in [-0.3, -0.25) is 0 Å². The predicted octanol–water partition coefficient (Wildman–Crippen LogP) is 4.68. The molecule has 1 heterocycles. The Morgan fingerprint density at radius 2 is 1.75 bits per heavy atom. The number of hydrogen-bond donors (Lipinski definition) is 1. The lowest BCUT2D eigenvalue weighted by Crippen LogP contribution is -1.99. The van der Waals surface area contributed by atoms with Crippen molar-refractivity contribution in [2.24, 2.45) is 0 Å². The second-order valence-electron chi connectivity index (χ2n) is 4.68. The molecule has 0 atom stereocenters. The maximum atomic E-state index is 13.7. The Morgan fingerprint density at radius 1 is 1.10 bits per heavy atom. The largest absolute Gasteiger partial charge is 0.371 e. The summed E-state index contributed by atoms with van der Waals surface area (Å²) in [5.41, 5.74) is 1.22. The fraction of sp³-hybridized carbons (Fsp3) is 0.267. The van der Waals surface area contributed by atoms with Crippen LogP contribution in [-0.4, -0.2) is 12.0 Å². The summed E-state index contributed by atoms with van der Waals surface area (Å²) in [6.45, 7) is 4.23. The van der Waals surface area contributed by atoms with Gasteiger partial charge in [0.25, 0.3) is 0 Å². The van der Waals surface area contributed by atoms with Crippen molar-refractivity contribution in [2.45, 2.75) is 29.7 Å². The van der Waals surface area contributed by atoms with Gasteiger partial charge in [-0.05, 0) is 23.6 Å². The monoisotopic (exact) mass is 294 g/mol. The van der Waals surface area contributed by atoms with Crippen LogP contribution in [0.4, 0.5) is 14.6 Å². The van der Waals surface area contributed by atoms with E-state index in [2.05, 4.69) is 24.1 Å². The first kappa shape index (κ1) is 14.8. The predicted molar refractivity (Wildman–Crippen MR) is 78.4 cm³/mol. The zero-order chi connectivity index (χ0) is 14.7. The zero-order valence-corrected chi connectivity index (χ0v) is 12.4. The van der Waals surface area contributed by atoms with Crippen LogP contribution >= 0.6 is 11.8 Å². The smallest absolute Gasteiger partial charge is 0.168 e. The zero-order valence-electron chi connectivity index (χ0n) is 11.6. The Kier molecular flexibility index (Phi) is 4.60. The van der Waals surface area contributed by atoms with E-state index >= 15 is 0 Å². The normalized spacial score (nSPS) is 10.9.